The van der Waals surface area contributed by atoms with Crippen molar-refractivity contribution < 1.29 is 57.5 Å². The number of rotatable bonds is 42. The average molecular weight is 1580 g/mol. The molecule has 0 saturated carbocycles. The Bertz CT molecular complexity index is 3490. The van der Waals surface area contributed by atoms with E-state index in [1.54, 1.807) is 75.5 Å². The first kappa shape index (κ1) is 91.5. The van der Waals surface area contributed by atoms with Gasteiger partial charge in [-0.2, -0.15) is 0 Å². The van der Waals surface area contributed by atoms with Gasteiger partial charge < -0.3 is 83.4 Å². The van der Waals surface area contributed by atoms with Crippen LogP contribution in [0, 0.1) is 0 Å². The Morgan fingerprint density at radius 1 is 0.307 bits per heavy atom. The quantitative estimate of drug-likeness (QED) is 0.0248. The summed E-state index contributed by atoms with van der Waals surface area (Å²) in [5.74, 6) is -3.08. The smallest absolute Gasteiger partial charge is 0.245 e. The fraction of sp³-hybridized carbons (Fsp3) is 0.581. The normalized spacial score (nSPS) is 19.2. The number of hydrogen-bond acceptors (Lipinski definition) is 16. The number of amides is 12. The predicted molar refractivity (Wildman–Crippen MR) is 439 cm³/mol. The summed E-state index contributed by atoms with van der Waals surface area (Å²) in [6, 6.07) is 30.4. The van der Waals surface area contributed by atoms with Gasteiger partial charge >= 0.3 is 0 Å². The topological polar surface area (TPSA) is 362 Å². The van der Waals surface area contributed by atoms with E-state index in [4.69, 9.17) is 0 Å². The monoisotopic (exact) mass is 1580 g/mol. The van der Waals surface area contributed by atoms with Crippen LogP contribution in [0.3, 0.4) is 0 Å². The third-order valence-corrected chi connectivity index (χ3v) is 22.5. The van der Waals surface area contributed by atoms with Crippen LogP contribution in [0.15, 0.2) is 121 Å². The van der Waals surface area contributed by atoms with Crippen molar-refractivity contribution in [2.24, 2.45) is 0 Å². The number of nitrogens with one attached hydrogen (secondary N) is 12. The molecule has 12 N–H and O–H groups in total. The van der Waals surface area contributed by atoms with Crippen LogP contribution in [0.25, 0.3) is 0 Å². The maximum absolute atomic E-state index is 14.1. The average Bonchev–Trinajstić information content (AvgIpc) is 1.65. The second-order valence-electron chi connectivity index (χ2n) is 30.7. The van der Waals surface area contributed by atoms with Crippen LogP contribution in [0.4, 0.5) is 0 Å². The third-order valence-electron chi connectivity index (χ3n) is 22.5. The number of benzene rings is 4. The number of unbranched alkanes of at least 4 members (excludes halogenated alkanes) is 6. The van der Waals surface area contributed by atoms with Crippen LogP contribution in [0.5, 0.6) is 0 Å². The van der Waals surface area contributed by atoms with Crippen molar-refractivity contribution in [3.05, 3.63) is 144 Å². The lowest BCUT2D eigenvalue weighted by Crippen LogP contribution is -2.55. The summed E-state index contributed by atoms with van der Waals surface area (Å²) in [6.45, 7) is 13.2. The molecule has 114 heavy (non-hydrogen) atoms. The van der Waals surface area contributed by atoms with Crippen LogP contribution >= 0.6 is 0 Å². The van der Waals surface area contributed by atoms with Gasteiger partial charge in [0.1, 0.15) is 48.3 Å². The van der Waals surface area contributed by atoms with Gasteiger partial charge in [-0.15, -0.1) is 0 Å². The number of likely N-dealkylation sites (tertiary alicyclic amines) is 4. The highest BCUT2D eigenvalue weighted by atomic mass is 16.2. The fourth-order valence-corrected chi connectivity index (χ4v) is 14.9. The van der Waals surface area contributed by atoms with Gasteiger partial charge in [0.15, 0.2) is 0 Å². The van der Waals surface area contributed by atoms with Gasteiger partial charge in [0.25, 0.3) is 0 Å². The Morgan fingerprint density at radius 2 is 0.535 bits per heavy atom. The Labute approximate surface area is 674 Å². The zero-order valence-electron chi connectivity index (χ0n) is 68.7. The molecule has 4 aliphatic rings. The molecule has 4 aromatic rings. The van der Waals surface area contributed by atoms with Crippen LogP contribution in [0.1, 0.15) is 204 Å². The molecule has 4 heterocycles. The van der Waals surface area contributed by atoms with Crippen molar-refractivity contribution in [1.29, 1.82) is 0 Å². The van der Waals surface area contributed by atoms with Crippen molar-refractivity contribution >= 4 is 70.9 Å². The minimum atomic E-state index is -0.803. The molecule has 4 saturated heterocycles. The largest absolute Gasteiger partial charge is 0.350 e. The molecule has 28 nitrogen and oxygen atoms in total. The van der Waals surface area contributed by atoms with E-state index in [9.17, 15) is 57.5 Å². The molecule has 8 rings (SSSR count). The van der Waals surface area contributed by atoms with Crippen LogP contribution in [-0.4, -0.2) is 217 Å². The van der Waals surface area contributed by atoms with Gasteiger partial charge in [-0.1, -0.05) is 173 Å². The van der Waals surface area contributed by atoms with Crippen LogP contribution in [0.2, 0.25) is 0 Å². The van der Waals surface area contributed by atoms with Gasteiger partial charge in [-0.25, -0.2) is 0 Å². The van der Waals surface area contributed by atoms with E-state index in [2.05, 4.69) is 63.8 Å². The summed E-state index contributed by atoms with van der Waals surface area (Å²) >= 11 is 0. The van der Waals surface area contributed by atoms with Crippen molar-refractivity contribution in [3.63, 3.8) is 0 Å². The van der Waals surface area contributed by atoms with Crippen LogP contribution in [-0.2, 0) is 70.6 Å². The first-order chi connectivity index (χ1) is 54.9. The molecular formula is C86H128N16O12. The van der Waals surface area contributed by atoms with Crippen LogP contribution < -0.4 is 63.8 Å². The highest BCUT2D eigenvalue weighted by Gasteiger charge is 2.43. The zero-order chi connectivity index (χ0) is 82.6. The summed E-state index contributed by atoms with van der Waals surface area (Å²) in [5.41, 5.74) is 3.88. The fourth-order valence-electron chi connectivity index (χ4n) is 14.9. The van der Waals surface area contributed by atoms with Gasteiger partial charge in [-0.05, 0) is 169 Å². The lowest BCUT2D eigenvalue weighted by atomic mass is 10.0. The molecule has 4 fully saturated rings. The first-order valence-electron chi connectivity index (χ1n) is 41.4. The molecule has 0 aromatic heterocycles. The summed E-state index contributed by atoms with van der Waals surface area (Å²) < 4.78 is 0. The summed E-state index contributed by atoms with van der Waals surface area (Å²) in [4.78, 5) is 168. The minimum absolute atomic E-state index is 0.207. The molecule has 12 amide bonds. The lowest BCUT2D eigenvalue weighted by molar-refractivity contribution is -0.142. The standard InChI is InChI=1S/C44H66N8O6.C42H62N8O6/c1-29(33-19-11-9-12-20-33)47-41(55)37-25-17-27-51(37)43(57)35(49-39(53)31(3)45-5)23-15-7-8-16-24-36(50-40(54)32(4)46-6)44(58)52-28-18-26-38(52)42(56)48-30(2)34-21-13-10-14-22-34;1-29(43-3)37(51)47-33(41(55)49-25-15-23-35(49)39(53)45-27-31-17-9-7-10-18-31)21-13-5-6-14-22-34(48-38(52)30(2)44-4)42(56)50-26-16-24-36(50)40(54)46-28-32-19-11-8-12-20-32/h9-14,19-22,29-32,35-38,45-46H,7-8,15-18,23-28H2,1-6H3,(H,47,55)(H,48,56)(H,49,53)(H,50,54);7-12,17-20,29-30,33-36,43-44H,5-6,13-16,21-28H2,1-4H3,(H,45,53)(H,46,54)(H,47,51)(H,48,52)/t29?,30?,31-,32-,35-,36-,37-,38-;29-,30+,33-,34-,35-,36-/m00/s1. The maximum atomic E-state index is 14.1. The molecule has 2 unspecified atom stereocenters. The van der Waals surface area contributed by atoms with E-state index in [0.29, 0.717) is 155 Å². The predicted octanol–water partition coefficient (Wildman–Crippen LogP) is 5.38. The summed E-state index contributed by atoms with van der Waals surface area (Å²) in [6.07, 6.45) is 11.9. The molecule has 0 bridgehead atoms. The summed E-state index contributed by atoms with van der Waals surface area (Å²) in [7, 11) is 6.72. The van der Waals surface area contributed by atoms with E-state index >= 15 is 0 Å². The Balaban J connectivity index is 0.000000316. The first-order valence-corrected chi connectivity index (χ1v) is 41.4. The van der Waals surface area contributed by atoms with Crippen molar-refractivity contribution in [2.75, 3.05) is 54.4 Å². The van der Waals surface area contributed by atoms with E-state index in [0.717, 1.165) is 35.1 Å². The molecule has 624 valence electrons. The Hall–Kier alpha value is -9.64. The third kappa shape index (κ3) is 27.8. The number of nitrogens with zero attached hydrogens (tertiary/aromatic N) is 4. The van der Waals surface area contributed by atoms with Gasteiger partial charge in [0.05, 0.1) is 36.3 Å². The highest BCUT2D eigenvalue weighted by Crippen LogP contribution is 2.27. The van der Waals surface area contributed by atoms with E-state index < -0.39 is 72.5 Å². The van der Waals surface area contributed by atoms with Crippen molar-refractivity contribution in [3.8, 4) is 0 Å². The van der Waals surface area contributed by atoms with Crippen molar-refractivity contribution in [1.82, 2.24) is 83.4 Å². The Kier molecular flexibility index (Phi) is 38.5. The number of carbonyl (C=O) groups is 12. The van der Waals surface area contributed by atoms with Gasteiger partial charge in [-0.3, -0.25) is 57.5 Å². The second-order valence-corrected chi connectivity index (χ2v) is 30.7. The molecule has 28 heteroatoms. The molecule has 0 aliphatic carbocycles. The van der Waals surface area contributed by atoms with Gasteiger partial charge in [0, 0.05) is 39.3 Å². The summed E-state index contributed by atoms with van der Waals surface area (Å²) in [5, 5.41) is 35.5. The molecule has 4 aromatic carbocycles. The van der Waals surface area contributed by atoms with Crippen molar-refractivity contribution in [2.45, 2.75) is 268 Å². The number of likely N-dealkylation sites (N-methyl/N-ethyl adjacent to an activating group) is 4. The minimum Gasteiger partial charge on any atom is -0.350 e. The maximum Gasteiger partial charge on any atom is 0.245 e. The van der Waals surface area contributed by atoms with Gasteiger partial charge in [0.2, 0.25) is 70.9 Å². The number of carbonyl (C=O) groups excluding carboxylic acids is 12. The SMILES string of the molecule is CN[C@@H](C)C(=O)N[C@@H](CCCCCC[C@H](NC(=O)[C@@H](C)NC)C(=O)N1CCC[C@H]1C(=O)NCc1ccccc1)C(=O)N1CCC[C@H]1C(=O)NCc1ccccc1.CN[C@@H](C)C(=O)N[C@@H](CCCCCC[C@H](NC(=O)[C@H](C)NC)C(=O)N1CCC[C@H]1C(=O)NC(C)c1ccccc1)C(=O)N1CCC[C@H]1C(=O)NC(C)c1ccccc1. The molecule has 0 spiro atoms. The van der Waals surface area contributed by atoms with E-state index in [1.807, 2.05) is 135 Å². The lowest BCUT2D eigenvalue weighted by Gasteiger charge is -2.30. The Morgan fingerprint density at radius 3 is 0.772 bits per heavy atom. The van der Waals surface area contributed by atoms with E-state index in [-0.39, 0.29) is 83.0 Å². The second kappa shape index (κ2) is 47.9. The van der Waals surface area contributed by atoms with E-state index in [1.165, 1.54) is 0 Å². The molecule has 4 aliphatic heterocycles. The number of hydrogen-bond donors (Lipinski definition) is 12. The molecule has 14 atom stereocenters. The zero-order valence-corrected chi connectivity index (χ0v) is 68.7. The molecule has 0 radical (unpaired) electrons. The molecular weight excluding hydrogens is 1450 g/mol. The highest BCUT2D eigenvalue weighted by molar-refractivity contribution is 5.97.